The predicted molar refractivity (Wildman–Crippen MR) is 84.2 cm³/mol. The molecule has 1 aromatic heterocycles. The van der Waals surface area contributed by atoms with E-state index in [4.69, 9.17) is 0 Å². The summed E-state index contributed by atoms with van der Waals surface area (Å²) in [5.41, 5.74) is 2.47. The molecule has 1 aliphatic rings. The molecular weight excluding hydrogens is 262 g/mol. The first kappa shape index (κ1) is 14.1. The molecule has 1 heterocycles. The second kappa shape index (κ2) is 6.27. The zero-order valence-electron chi connectivity index (χ0n) is 12.2. The van der Waals surface area contributed by atoms with Crippen LogP contribution in [0.2, 0.25) is 0 Å². The Kier molecular flexibility index (Phi) is 4.20. The third kappa shape index (κ3) is 2.79. The topological polar surface area (TPSA) is 42.2 Å². The molecule has 1 saturated carbocycles. The molecule has 0 spiro atoms. The maximum atomic E-state index is 12.7. The van der Waals surface area contributed by atoms with Gasteiger partial charge in [-0.25, -0.2) is 0 Å². The minimum Gasteiger partial charge on any atom is -0.391 e. The van der Waals surface area contributed by atoms with Crippen LogP contribution < -0.4 is 5.56 Å². The number of aliphatic hydroxyl groups is 1. The van der Waals surface area contributed by atoms with E-state index in [0.717, 1.165) is 24.1 Å². The summed E-state index contributed by atoms with van der Waals surface area (Å²) in [4.78, 5) is 12.7. The average molecular weight is 283 g/mol. The Morgan fingerprint density at radius 2 is 1.71 bits per heavy atom. The van der Waals surface area contributed by atoms with Gasteiger partial charge in [0.25, 0.3) is 5.56 Å². The Bertz CT molecular complexity index is 655. The zero-order valence-corrected chi connectivity index (χ0v) is 12.2. The molecule has 0 unspecified atom stereocenters. The second-order valence-electron chi connectivity index (χ2n) is 5.73. The Balaban J connectivity index is 2.15. The fourth-order valence-corrected chi connectivity index (χ4v) is 3.26. The number of hydrogen-bond donors (Lipinski definition) is 1. The molecule has 2 aromatic rings. The number of pyridine rings is 1. The molecule has 3 heteroatoms. The van der Waals surface area contributed by atoms with Gasteiger partial charge in [-0.2, -0.15) is 0 Å². The Morgan fingerprint density at radius 1 is 1.00 bits per heavy atom. The molecule has 1 aliphatic carbocycles. The molecule has 110 valence electrons. The molecule has 0 amide bonds. The summed E-state index contributed by atoms with van der Waals surface area (Å²) >= 11 is 0. The van der Waals surface area contributed by atoms with Gasteiger partial charge in [0, 0.05) is 11.6 Å². The zero-order chi connectivity index (χ0) is 14.7. The largest absolute Gasteiger partial charge is 0.391 e. The average Bonchev–Trinajstić information content (AvgIpc) is 2.56. The summed E-state index contributed by atoms with van der Waals surface area (Å²) in [6, 6.07) is 14.0. The highest BCUT2D eigenvalue weighted by Crippen LogP contribution is 2.31. The van der Waals surface area contributed by atoms with Gasteiger partial charge < -0.3 is 9.67 Å². The maximum Gasteiger partial charge on any atom is 0.256 e. The van der Waals surface area contributed by atoms with Crippen molar-refractivity contribution in [1.82, 2.24) is 4.57 Å². The normalized spacial score (nSPS) is 16.0. The van der Waals surface area contributed by atoms with Crippen molar-refractivity contribution in [3.8, 4) is 11.3 Å². The molecule has 1 fully saturated rings. The maximum absolute atomic E-state index is 12.7. The van der Waals surface area contributed by atoms with Gasteiger partial charge in [0.2, 0.25) is 0 Å². The first-order valence-corrected chi connectivity index (χ1v) is 7.72. The number of rotatable bonds is 3. The monoisotopic (exact) mass is 283 g/mol. The quantitative estimate of drug-likeness (QED) is 0.936. The van der Waals surface area contributed by atoms with Crippen LogP contribution >= 0.6 is 0 Å². The van der Waals surface area contributed by atoms with Gasteiger partial charge in [0.1, 0.15) is 0 Å². The molecular formula is C18H21NO2. The molecule has 0 radical (unpaired) electrons. The van der Waals surface area contributed by atoms with Crippen LogP contribution in [-0.2, 0) is 6.61 Å². The lowest BCUT2D eigenvalue weighted by Gasteiger charge is -2.27. The molecule has 3 nitrogen and oxygen atoms in total. The Morgan fingerprint density at radius 3 is 2.38 bits per heavy atom. The molecule has 0 saturated heterocycles. The van der Waals surface area contributed by atoms with Crippen LogP contribution in [-0.4, -0.2) is 9.67 Å². The number of aromatic nitrogens is 1. The van der Waals surface area contributed by atoms with Gasteiger partial charge >= 0.3 is 0 Å². The summed E-state index contributed by atoms with van der Waals surface area (Å²) in [6.07, 6.45) is 5.71. The summed E-state index contributed by atoms with van der Waals surface area (Å²) in [5, 5.41) is 9.39. The van der Waals surface area contributed by atoms with Gasteiger partial charge in [-0.15, -0.1) is 0 Å². The van der Waals surface area contributed by atoms with E-state index in [-0.39, 0.29) is 18.2 Å². The van der Waals surface area contributed by atoms with Crippen molar-refractivity contribution in [3.63, 3.8) is 0 Å². The van der Waals surface area contributed by atoms with Crippen LogP contribution in [0.1, 0.15) is 43.7 Å². The van der Waals surface area contributed by atoms with Crippen molar-refractivity contribution >= 4 is 0 Å². The van der Waals surface area contributed by atoms with Crippen molar-refractivity contribution in [2.75, 3.05) is 0 Å². The van der Waals surface area contributed by atoms with Gasteiger partial charge in [-0.1, -0.05) is 49.6 Å². The minimum absolute atomic E-state index is 0.0363. The standard InChI is InChI=1S/C18H21NO2/c20-13-15-11-12-17(14-7-3-1-4-8-14)19(18(15)21)16-9-5-2-6-10-16/h1,3-4,7-8,11-12,16,20H,2,5-6,9-10,13H2. The SMILES string of the molecule is O=c1c(CO)ccc(-c2ccccc2)n1C1CCCCC1. The Hall–Kier alpha value is -1.87. The van der Waals surface area contributed by atoms with Crippen molar-refractivity contribution in [2.45, 2.75) is 44.8 Å². The summed E-state index contributed by atoms with van der Waals surface area (Å²) in [7, 11) is 0. The van der Waals surface area contributed by atoms with Crippen LogP contribution in [0.5, 0.6) is 0 Å². The number of benzene rings is 1. The van der Waals surface area contributed by atoms with Gasteiger partial charge in [-0.05, 0) is 30.5 Å². The van der Waals surface area contributed by atoms with E-state index in [1.807, 2.05) is 41.0 Å². The summed E-state index contributed by atoms with van der Waals surface area (Å²) in [5.74, 6) is 0. The van der Waals surface area contributed by atoms with Gasteiger partial charge in [0.05, 0.1) is 12.3 Å². The fourth-order valence-electron chi connectivity index (χ4n) is 3.26. The van der Waals surface area contributed by atoms with Crippen molar-refractivity contribution in [3.05, 3.63) is 58.4 Å². The van der Waals surface area contributed by atoms with E-state index >= 15 is 0 Å². The highest BCUT2D eigenvalue weighted by atomic mass is 16.3. The number of hydrogen-bond acceptors (Lipinski definition) is 2. The molecule has 1 aromatic carbocycles. The van der Waals surface area contributed by atoms with Crippen LogP contribution in [0, 0.1) is 0 Å². The molecule has 21 heavy (non-hydrogen) atoms. The second-order valence-corrected chi connectivity index (χ2v) is 5.73. The van der Waals surface area contributed by atoms with E-state index in [1.165, 1.54) is 19.3 Å². The Labute approximate surface area is 124 Å². The van der Waals surface area contributed by atoms with Crippen LogP contribution in [0.15, 0.2) is 47.3 Å². The van der Waals surface area contributed by atoms with Crippen molar-refractivity contribution in [1.29, 1.82) is 0 Å². The lowest BCUT2D eigenvalue weighted by molar-refractivity contribution is 0.276. The van der Waals surface area contributed by atoms with Crippen LogP contribution in [0.4, 0.5) is 0 Å². The van der Waals surface area contributed by atoms with E-state index < -0.39 is 0 Å². The third-order valence-corrected chi connectivity index (χ3v) is 4.38. The van der Waals surface area contributed by atoms with Crippen LogP contribution in [0.25, 0.3) is 11.3 Å². The highest BCUT2D eigenvalue weighted by Gasteiger charge is 2.20. The fraction of sp³-hybridized carbons (Fsp3) is 0.389. The minimum atomic E-state index is -0.194. The van der Waals surface area contributed by atoms with E-state index in [9.17, 15) is 9.90 Å². The third-order valence-electron chi connectivity index (χ3n) is 4.38. The van der Waals surface area contributed by atoms with Crippen LogP contribution in [0.3, 0.4) is 0 Å². The first-order chi connectivity index (χ1) is 10.3. The summed E-state index contributed by atoms with van der Waals surface area (Å²) < 4.78 is 1.92. The molecule has 0 bridgehead atoms. The first-order valence-electron chi connectivity index (χ1n) is 7.72. The molecule has 0 aliphatic heterocycles. The van der Waals surface area contributed by atoms with E-state index in [1.54, 1.807) is 6.07 Å². The predicted octanol–water partition coefficient (Wildman–Crippen LogP) is 3.51. The van der Waals surface area contributed by atoms with Crippen molar-refractivity contribution in [2.24, 2.45) is 0 Å². The van der Waals surface area contributed by atoms with Crippen molar-refractivity contribution < 1.29 is 5.11 Å². The molecule has 3 rings (SSSR count). The molecule has 1 N–H and O–H groups in total. The summed E-state index contributed by atoms with van der Waals surface area (Å²) in [6.45, 7) is -0.194. The lowest BCUT2D eigenvalue weighted by Crippen LogP contribution is -2.30. The lowest BCUT2D eigenvalue weighted by atomic mass is 9.94. The van der Waals surface area contributed by atoms with Gasteiger partial charge in [0.15, 0.2) is 0 Å². The number of aliphatic hydroxyl groups excluding tert-OH is 1. The highest BCUT2D eigenvalue weighted by molar-refractivity contribution is 5.59. The van der Waals surface area contributed by atoms with E-state index in [2.05, 4.69) is 0 Å². The smallest absolute Gasteiger partial charge is 0.256 e. The van der Waals surface area contributed by atoms with Gasteiger partial charge in [-0.3, -0.25) is 4.79 Å². The number of nitrogens with zero attached hydrogens (tertiary/aromatic N) is 1. The molecule has 0 atom stereocenters. The van der Waals surface area contributed by atoms with E-state index in [0.29, 0.717) is 5.56 Å².